The molecule has 1 saturated carbocycles. The van der Waals surface area contributed by atoms with Gasteiger partial charge >= 0.3 is 0 Å². The number of rotatable bonds is 4. The predicted molar refractivity (Wildman–Crippen MR) is 89.1 cm³/mol. The average molecular weight is 329 g/mol. The maximum absolute atomic E-state index is 6.15. The third-order valence-corrected chi connectivity index (χ3v) is 5.68. The van der Waals surface area contributed by atoms with E-state index in [2.05, 4.69) is 28.2 Å². The lowest BCUT2D eigenvalue weighted by Gasteiger charge is -2.16. The molecule has 1 aromatic heterocycles. The van der Waals surface area contributed by atoms with Gasteiger partial charge in [-0.3, -0.25) is 0 Å². The number of hydrogen-bond donors (Lipinski definition) is 0. The van der Waals surface area contributed by atoms with Crippen LogP contribution in [0.3, 0.4) is 0 Å². The molecule has 2 unspecified atom stereocenters. The molecule has 0 radical (unpaired) electrons. The number of thioether (sulfide) groups is 1. The summed E-state index contributed by atoms with van der Waals surface area (Å²) in [5.41, 5.74) is 2.12. The Labute approximate surface area is 133 Å². The number of hydrogen-bond acceptors (Lipinski definition) is 2. The molecule has 0 N–H and O–H groups in total. The van der Waals surface area contributed by atoms with Crippen LogP contribution >= 0.6 is 35.0 Å². The first-order chi connectivity index (χ1) is 9.72. The molecule has 2 aromatic rings. The topological polar surface area (TPSA) is 17.8 Å². The highest BCUT2D eigenvalue weighted by atomic mass is 35.5. The molecule has 0 saturated heterocycles. The van der Waals surface area contributed by atoms with Gasteiger partial charge in [0.15, 0.2) is 0 Å². The summed E-state index contributed by atoms with van der Waals surface area (Å²) in [6.07, 6.45) is 3.70. The second-order valence-corrected chi connectivity index (χ2v) is 7.49. The number of halogens is 2. The van der Waals surface area contributed by atoms with Gasteiger partial charge in [-0.05, 0) is 43.2 Å². The molecular weight excluding hydrogens is 311 g/mol. The highest BCUT2D eigenvalue weighted by molar-refractivity contribution is 7.99. The molecular formula is C15H18Cl2N2S. The average Bonchev–Trinajstić information content (AvgIpc) is 3.02. The molecule has 1 aliphatic rings. The van der Waals surface area contributed by atoms with Gasteiger partial charge in [-0.15, -0.1) is 11.6 Å². The molecule has 1 heterocycles. The molecule has 3 rings (SSSR count). The summed E-state index contributed by atoms with van der Waals surface area (Å²) in [6, 6.07) is 6.40. The zero-order chi connectivity index (χ0) is 14.1. The van der Waals surface area contributed by atoms with Crippen molar-refractivity contribution in [2.24, 2.45) is 0 Å². The summed E-state index contributed by atoms with van der Waals surface area (Å²) in [5, 5.41) is 1.53. The van der Waals surface area contributed by atoms with Crippen LogP contribution in [0.2, 0.25) is 5.02 Å². The van der Waals surface area contributed by atoms with Crippen LogP contribution in [0.25, 0.3) is 11.0 Å². The van der Waals surface area contributed by atoms with E-state index in [9.17, 15) is 0 Å². The molecule has 5 heteroatoms. The van der Waals surface area contributed by atoms with Crippen LogP contribution < -0.4 is 0 Å². The van der Waals surface area contributed by atoms with Crippen molar-refractivity contribution in [1.82, 2.24) is 9.55 Å². The number of aromatic nitrogens is 2. The van der Waals surface area contributed by atoms with Gasteiger partial charge in [0, 0.05) is 16.3 Å². The fourth-order valence-electron chi connectivity index (χ4n) is 3.16. The van der Waals surface area contributed by atoms with Gasteiger partial charge < -0.3 is 4.57 Å². The number of fused-ring (bicyclic) bond motifs is 1. The van der Waals surface area contributed by atoms with Crippen molar-refractivity contribution in [2.75, 3.05) is 5.75 Å². The Morgan fingerprint density at radius 1 is 1.40 bits per heavy atom. The van der Waals surface area contributed by atoms with Gasteiger partial charge in [-0.2, -0.15) is 11.8 Å². The number of imidazole rings is 1. The molecule has 0 aliphatic heterocycles. The van der Waals surface area contributed by atoms with E-state index in [-0.39, 0.29) is 0 Å². The highest BCUT2D eigenvalue weighted by Gasteiger charge is 2.28. The van der Waals surface area contributed by atoms with Crippen LogP contribution in [0.4, 0.5) is 0 Å². The molecule has 108 valence electrons. The lowest BCUT2D eigenvalue weighted by atomic mass is 10.2. The molecule has 2 nitrogen and oxygen atoms in total. The molecule has 1 fully saturated rings. The quantitative estimate of drug-likeness (QED) is 0.711. The van der Waals surface area contributed by atoms with Gasteiger partial charge in [0.2, 0.25) is 0 Å². The Kier molecular flexibility index (Phi) is 4.49. The van der Waals surface area contributed by atoms with Gasteiger partial charge in [0.25, 0.3) is 0 Å². The monoisotopic (exact) mass is 328 g/mol. The zero-order valence-electron chi connectivity index (χ0n) is 11.5. The van der Waals surface area contributed by atoms with Crippen LogP contribution in [0.1, 0.15) is 38.1 Å². The van der Waals surface area contributed by atoms with Gasteiger partial charge in [-0.1, -0.05) is 18.5 Å². The van der Waals surface area contributed by atoms with E-state index in [1.807, 2.05) is 18.2 Å². The van der Waals surface area contributed by atoms with Gasteiger partial charge in [0.1, 0.15) is 5.82 Å². The number of benzene rings is 1. The Bertz CT molecular complexity index is 611. The summed E-state index contributed by atoms with van der Waals surface area (Å²) >= 11 is 14.3. The second kappa shape index (κ2) is 6.17. The lowest BCUT2D eigenvalue weighted by molar-refractivity contribution is 0.519. The normalized spacial score (nSPS) is 22.8. The number of alkyl halides is 1. The van der Waals surface area contributed by atoms with Crippen molar-refractivity contribution in [1.29, 1.82) is 0 Å². The molecule has 0 bridgehead atoms. The SMILES string of the molecule is CCSC1CCC(n2c(CCl)nc3ccc(Cl)cc32)C1. The molecule has 2 atom stereocenters. The molecule has 0 amide bonds. The zero-order valence-corrected chi connectivity index (χ0v) is 13.8. The molecule has 1 aliphatic carbocycles. The Hall–Kier alpha value is -0.380. The largest absolute Gasteiger partial charge is 0.324 e. The van der Waals surface area contributed by atoms with Crippen LogP contribution in [0.5, 0.6) is 0 Å². The Morgan fingerprint density at radius 2 is 2.25 bits per heavy atom. The van der Waals surface area contributed by atoms with Crippen molar-refractivity contribution in [3.8, 4) is 0 Å². The molecule has 1 aromatic carbocycles. The lowest BCUT2D eigenvalue weighted by Crippen LogP contribution is -2.09. The van der Waals surface area contributed by atoms with Crippen LogP contribution in [-0.4, -0.2) is 20.6 Å². The first-order valence-corrected chi connectivity index (χ1v) is 9.03. The van der Waals surface area contributed by atoms with E-state index in [0.29, 0.717) is 11.9 Å². The number of nitrogens with zero attached hydrogens (tertiary/aromatic N) is 2. The van der Waals surface area contributed by atoms with Crippen molar-refractivity contribution in [2.45, 2.75) is 43.4 Å². The van der Waals surface area contributed by atoms with E-state index in [1.165, 1.54) is 25.0 Å². The van der Waals surface area contributed by atoms with Crippen molar-refractivity contribution < 1.29 is 0 Å². The molecule has 20 heavy (non-hydrogen) atoms. The van der Waals surface area contributed by atoms with Crippen molar-refractivity contribution in [3.05, 3.63) is 29.0 Å². The van der Waals surface area contributed by atoms with E-state index in [0.717, 1.165) is 27.1 Å². The van der Waals surface area contributed by atoms with Crippen LogP contribution in [-0.2, 0) is 5.88 Å². The third kappa shape index (κ3) is 2.68. The second-order valence-electron chi connectivity index (χ2n) is 5.21. The minimum Gasteiger partial charge on any atom is -0.324 e. The molecule has 0 spiro atoms. The fourth-order valence-corrected chi connectivity index (χ4v) is 4.64. The standard InChI is InChI=1S/C15H18Cl2N2S/c1-2-20-12-5-4-11(8-12)19-14-7-10(17)3-6-13(14)18-15(19)9-16/h3,6-7,11-12H,2,4-5,8-9H2,1H3. The minimum absolute atomic E-state index is 0.453. The highest BCUT2D eigenvalue weighted by Crippen LogP contribution is 2.39. The van der Waals surface area contributed by atoms with Crippen molar-refractivity contribution >= 4 is 46.0 Å². The maximum Gasteiger partial charge on any atom is 0.125 e. The first kappa shape index (κ1) is 14.6. The van der Waals surface area contributed by atoms with E-state index in [4.69, 9.17) is 23.2 Å². The smallest absolute Gasteiger partial charge is 0.125 e. The maximum atomic E-state index is 6.15. The van der Waals surface area contributed by atoms with E-state index >= 15 is 0 Å². The summed E-state index contributed by atoms with van der Waals surface area (Å²) in [5.74, 6) is 2.61. The van der Waals surface area contributed by atoms with E-state index in [1.54, 1.807) is 0 Å². The van der Waals surface area contributed by atoms with E-state index < -0.39 is 0 Å². The third-order valence-electron chi connectivity index (χ3n) is 3.97. The first-order valence-electron chi connectivity index (χ1n) is 7.06. The van der Waals surface area contributed by atoms with Gasteiger partial charge in [-0.25, -0.2) is 4.98 Å². The summed E-state index contributed by atoms with van der Waals surface area (Å²) in [7, 11) is 0. The summed E-state index contributed by atoms with van der Waals surface area (Å²) < 4.78 is 2.32. The van der Waals surface area contributed by atoms with Gasteiger partial charge in [0.05, 0.1) is 16.9 Å². The fraction of sp³-hybridized carbons (Fsp3) is 0.533. The van der Waals surface area contributed by atoms with Crippen LogP contribution in [0, 0.1) is 0 Å². The Morgan fingerprint density at radius 3 is 3.00 bits per heavy atom. The Balaban J connectivity index is 1.99. The summed E-state index contributed by atoms with van der Waals surface area (Å²) in [4.78, 5) is 4.65. The van der Waals surface area contributed by atoms with Crippen LogP contribution in [0.15, 0.2) is 18.2 Å². The predicted octanol–water partition coefficient (Wildman–Crippen LogP) is 5.28. The summed E-state index contributed by atoms with van der Waals surface area (Å²) in [6.45, 7) is 2.23. The van der Waals surface area contributed by atoms with Crippen molar-refractivity contribution in [3.63, 3.8) is 0 Å². The minimum atomic E-state index is 0.453.